The van der Waals surface area contributed by atoms with Gasteiger partial charge in [0.1, 0.15) is 5.39 Å². The van der Waals surface area contributed by atoms with E-state index in [2.05, 4.69) is 49.8 Å². The summed E-state index contributed by atoms with van der Waals surface area (Å²) in [6.07, 6.45) is 4.17. The van der Waals surface area contributed by atoms with Gasteiger partial charge in [-0.15, -0.1) is 6.58 Å². The van der Waals surface area contributed by atoms with E-state index in [1.807, 2.05) is 24.3 Å². The smallest absolute Gasteiger partial charge is 0.278 e. The molecule has 4 heterocycles. The molecule has 8 heteroatoms. The SMILES string of the molecule is C=CCn1c(=O)c2cnc(Nc3ccc4c(c3)COCC4)nc2n1-c1cccc(C(C)(C)C)n1. The lowest BCUT2D eigenvalue weighted by Crippen LogP contribution is -2.23. The minimum absolute atomic E-state index is 0.139. The average molecular weight is 457 g/mol. The van der Waals surface area contributed by atoms with Gasteiger partial charge in [-0.05, 0) is 41.8 Å². The molecular formula is C26H28N6O2. The van der Waals surface area contributed by atoms with Crippen LogP contribution in [0.1, 0.15) is 37.6 Å². The Kier molecular flexibility index (Phi) is 5.53. The van der Waals surface area contributed by atoms with Crippen molar-refractivity contribution >= 4 is 22.7 Å². The van der Waals surface area contributed by atoms with Gasteiger partial charge < -0.3 is 10.1 Å². The second-order valence-electron chi connectivity index (χ2n) is 9.46. The lowest BCUT2D eigenvalue weighted by Gasteiger charge is -2.19. The van der Waals surface area contributed by atoms with Crippen LogP contribution in [0.3, 0.4) is 0 Å². The second kappa shape index (κ2) is 8.53. The van der Waals surface area contributed by atoms with E-state index >= 15 is 0 Å². The van der Waals surface area contributed by atoms with Crippen molar-refractivity contribution in [2.24, 2.45) is 0 Å². The number of ether oxygens (including phenoxy) is 1. The standard InChI is InChI=1S/C26H28N6O2/c1-5-12-31-24(33)20-15-27-25(28-19-10-9-17-11-13-34-16-18(17)14-19)30-23(20)32(31)22-8-6-7-21(29-22)26(2,3)4/h5-10,14-15H,1,11-13,16H2,2-4H3,(H,27,28,30). The number of aromatic nitrogens is 5. The normalized spacial score (nSPS) is 13.6. The van der Waals surface area contributed by atoms with Crippen molar-refractivity contribution in [1.29, 1.82) is 0 Å². The third-order valence-electron chi connectivity index (χ3n) is 5.93. The van der Waals surface area contributed by atoms with Crippen molar-refractivity contribution in [3.05, 3.63) is 82.4 Å². The molecule has 5 rings (SSSR count). The van der Waals surface area contributed by atoms with E-state index in [-0.39, 0.29) is 11.0 Å². The number of allylic oxidation sites excluding steroid dienone is 1. The van der Waals surface area contributed by atoms with E-state index in [4.69, 9.17) is 14.7 Å². The third-order valence-corrected chi connectivity index (χ3v) is 5.93. The molecule has 0 saturated heterocycles. The fraction of sp³-hybridized carbons (Fsp3) is 0.308. The molecule has 0 spiro atoms. The number of nitrogens with one attached hydrogen (secondary N) is 1. The molecule has 0 aliphatic carbocycles. The van der Waals surface area contributed by atoms with Crippen LogP contribution in [-0.2, 0) is 29.7 Å². The highest BCUT2D eigenvalue weighted by Gasteiger charge is 2.21. The monoisotopic (exact) mass is 456 g/mol. The Hall–Kier alpha value is -3.78. The zero-order chi connectivity index (χ0) is 23.9. The van der Waals surface area contributed by atoms with Gasteiger partial charge in [0.2, 0.25) is 5.95 Å². The highest BCUT2D eigenvalue weighted by Crippen LogP contribution is 2.25. The van der Waals surface area contributed by atoms with Gasteiger partial charge in [0.25, 0.3) is 5.56 Å². The minimum Gasteiger partial charge on any atom is -0.376 e. The lowest BCUT2D eigenvalue weighted by atomic mass is 9.92. The van der Waals surface area contributed by atoms with Crippen LogP contribution in [0.2, 0.25) is 0 Å². The number of hydrogen-bond acceptors (Lipinski definition) is 6. The van der Waals surface area contributed by atoms with Crippen LogP contribution in [0.5, 0.6) is 0 Å². The maximum Gasteiger partial charge on any atom is 0.278 e. The van der Waals surface area contributed by atoms with Gasteiger partial charge in [0.15, 0.2) is 11.5 Å². The Morgan fingerprint density at radius 1 is 1.18 bits per heavy atom. The topological polar surface area (TPSA) is 86.9 Å². The van der Waals surface area contributed by atoms with Crippen LogP contribution in [0.25, 0.3) is 16.9 Å². The molecule has 1 aliphatic heterocycles. The number of benzene rings is 1. The molecule has 4 aromatic rings. The summed E-state index contributed by atoms with van der Waals surface area (Å²) in [5.74, 6) is 1.03. The summed E-state index contributed by atoms with van der Waals surface area (Å²) < 4.78 is 8.92. The van der Waals surface area contributed by atoms with Crippen LogP contribution in [0, 0.1) is 0 Å². The Labute approximate surface area is 197 Å². The molecule has 1 aromatic carbocycles. The maximum atomic E-state index is 13.2. The van der Waals surface area contributed by atoms with Crippen molar-refractivity contribution in [2.75, 3.05) is 11.9 Å². The fourth-order valence-corrected chi connectivity index (χ4v) is 4.14. The van der Waals surface area contributed by atoms with E-state index < -0.39 is 0 Å². The number of hydrogen-bond donors (Lipinski definition) is 1. The fourth-order valence-electron chi connectivity index (χ4n) is 4.14. The molecule has 0 atom stereocenters. The van der Waals surface area contributed by atoms with Crippen LogP contribution in [-0.4, -0.2) is 30.9 Å². The number of anilines is 2. The molecule has 0 unspecified atom stereocenters. The largest absolute Gasteiger partial charge is 0.376 e. The number of nitrogens with zero attached hydrogens (tertiary/aromatic N) is 5. The van der Waals surface area contributed by atoms with Crippen molar-refractivity contribution < 1.29 is 4.74 Å². The van der Waals surface area contributed by atoms with Gasteiger partial charge in [-0.1, -0.05) is 39.0 Å². The molecule has 0 saturated carbocycles. The summed E-state index contributed by atoms with van der Waals surface area (Å²) >= 11 is 0. The number of rotatable bonds is 5. The zero-order valence-electron chi connectivity index (χ0n) is 19.7. The summed E-state index contributed by atoms with van der Waals surface area (Å²) in [6, 6.07) is 12.0. The predicted octanol–water partition coefficient (Wildman–Crippen LogP) is 4.28. The van der Waals surface area contributed by atoms with E-state index in [0.29, 0.717) is 36.0 Å². The molecule has 8 nitrogen and oxygen atoms in total. The van der Waals surface area contributed by atoms with Crippen LogP contribution in [0.4, 0.5) is 11.6 Å². The minimum atomic E-state index is -0.185. The van der Waals surface area contributed by atoms with Gasteiger partial charge in [0, 0.05) is 23.0 Å². The first-order chi connectivity index (χ1) is 16.3. The average Bonchev–Trinajstić information content (AvgIpc) is 3.10. The van der Waals surface area contributed by atoms with E-state index in [9.17, 15) is 4.79 Å². The van der Waals surface area contributed by atoms with Crippen LogP contribution in [0.15, 0.2) is 60.0 Å². The number of fused-ring (bicyclic) bond motifs is 2. The van der Waals surface area contributed by atoms with Gasteiger partial charge >= 0.3 is 0 Å². The van der Waals surface area contributed by atoms with Crippen molar-refractivity contribution in [3.63, 3.8) is 0 Å². The first-order valence-corrected chi connectivity index (χ1v) is 11.4. The van der Waals surface area contributed by atoms with E-state index in [1.54, 1.807) is 21.6 Å². The molecule has 1 aliphatic rings. The highest BCUT2D eigenvalue weighted by atomic mass is 16.5. The summed E-state index contributed by atoms with van der Waals surface area (Å²) in [4.78, 5) is 27.2. The van der Waals surface area contributed by atoms with E-state index in [1.165, 1.54) is 5.56 Å². The molecular weight excluding hydrogens is 428 g/mol. The molecule has 3 aromatic heterocycles. The zero-order valence-corrected chi connectivity index (χ0v) is 19.7. The molecule has 34 heavy (non-hydrogen) atoms. The van der Waals surface area contributed by atoms with Crippen molar-refractivity contribution in [1.82, 2.24) is 24.3 Å². The van der Waals surface area contributed by atoms with Gasteiger partial charge in [-0.3, -0.25) is 4.79 Å². The maximum absolute atomic E-state index is 13.2. The predicted molar refractivity (Wildman–Crippen MR) is 133 cm³/mol. The van der Waals surface area contributed by atoms with Crippen LogP contribution >= 0.6 is 0 Å². The lowest BCUT2D eigenvalue weighted by molar-refractivity contribution is 0.111. The summed E-state index contributed by atoms with van der Waals surface area (Å²) in [5, 5.41) is 3.70. The van der Waals surface area contributed by atoms with Gasteiger partial charge in [0.05, 0.1) is 19.8 Å². The Bertz CT molecular complexity index is 1440. The highest BCUT2D eigenvalue weighted by molar-refractivity contribution is 5.77. The number of pyridine rings is 1. The first-order valence-electron chi connectivity index (χ1n) is 11.4. The summed E-state index contributed by atoms with van der Waals surface area (Å²) in [6.45, 7) is 11.8. The quantitative estimate of drug-likeness (QED) is 0.451. The first kappa shape index (κ1) is 22.0. The molecule has 0 bridgehead atoms. The molecule has 174 valence electrons. The van der Waals surface area contributed by atoms with Gasteiger partial charge in [-0.2, -0.15) is 4.98 Å². The summed E-state index contributed by atoms with van der Waals surface area (Å²) in [5.41, 5.74) is 4.42. The summed E-state index contributed by atoms with van der Waals surface area (Å²) in [7, 11) is 0. The molecule has 0 amide bonds. The van der Waals surface area contributed by atoms with E-state index in [0.717, 1.165) is 30.0 Å². The Morgan fingerprint density at radius 3 is 2.82 bits per heavy atom. The Balaban J connectivity index is 1.62. The molecule has 1 N–H and O–H groups in total. The molecule has 0 radical (unpaired) electrons. The molecule has 0 fully saturated rings. The van der Waals surface area contributed by atoms with Crippen molar-refractivity contribution in [3.8, 4) is 5.82 Å². The van der Waals surface area contributed by atoms with Crippen LogP contribution < -0.4 is 10.9 Å². The van der Waals surface area contributed by atoms with Crippen molar-refractivity contribution in [2.45, 2.75) is 45.8 Å². The third kappa shape index (κ3) is 4.01. The van der Waals surface area contributed by atoms with Gasteiger partial charge in [-0.25, -0.2) is 19.3 Å². The Morgan fingerprint density at radius 2 is 2.03 bits per heavy atom. The second-order valence-corrected chi connectivity index (χ2v) is 9.46.